The third-order valence-corrected chi connectivity index (χ3v) is 3.92. The molecular weight excluding hydrogens is 357 g/mol. The summed E-state index contributed by atoms with van der Waals surface area (Å²) in [5.41, 5.74) is 0.945. The first-order valence-corrected chi connectivity index (χ1v) is 8.25. The number of halogens is 2. The lowest BCUT2D eigenvalue weighted by Crippen LogP contribution is -2.33. The molecule has 5 nitrogen and oxygen atoms in total. The summed E-state index contributed by atoms with van der Waals surface area (Å²) in [4.78, 5) is 24.1. The Hall–Kier alpha value is -2.99. The molecule has 1 N–H and O–H groups in total. The average molecular weight is 372 g/mol. The lowest BCUT2D eigenvalue weighted by molar-refractivity contribution is -0.122. The molecule has 0 saturated carbocycles. The van der Waals surface area contributed by atoms with Gasteiger partial charge < -0.3 is 5.32 Å². The molecular formula is C19H15ClFN3O2. The molecule has 7 heteroatoms. The Bertz CT molecular complexity index is 1000. The third-order valence-electron chi connectivity index (χ3n) is 3.69. The van der Waals surface area contributed by atoms with Crippen LogP contribution in [0.3, 0.4) is 0 Å². The number of aromatic nitrogens is 2. The first-order valence-electron chi connectivity index (χ1n) is 7.87. The highest BCUT2D eigenvalue weighted by Crippen LogP contribution is 2.18. The van der Waals surface area contributed by atoms with Gasteiger partial charge in [-0.2, -0.15) is 5.10 Å². The van der Waals surface area contributed by atoms with Gasteiger partial charge in [0.15, 0.2) is 0 Å². The summed E-state index contributed by atoms with van der Waals surface area (Å²) < 4.78 is 14.9. The van der Waals surface area contributed by atoms with E-state index in [4.69, 9.17) is 11.6 Å². The molecule has 0 spiro atoms. The average Bonchev–Trinajstić information content (AvgIpc) is 2.62. The Labute approximate surface area is 154 Å². The Morgan fingerprint density at radius 1 is 1.12 bits per heavy atom. The van der Waals surface area contributed by atoms with Gasteiger partial charge in [-0.1, -0.05) is 35.9 Å². The number of benzene rings is 2. The van der Waals surface area contributed by atoms with Gasteiger partial charge in [0.1, 0.15) is 12.4 Å². The second kappa shape index (κ2) is 7.93. The molecule has 0 aliphatic rings. The molecule has 3 aromatic rings. The normalized spacial score (nSPS) is 10.5. The number of hydrogen-bond acceptors (Lipinski definition) is 3. The van der Waals surface area contributed by atoms with E-state index in [1.54, 1.807) is 36.4 Å². The molecule has 0 unspecified atom stereocenters. The van der Waals surface area contributed by atoms with Crippen molar-refractivity contribution in [1.82, 2.24) is 15.1 Å². The highest BCUT2D eigenvalue weighted by molar-refractivity contribution is 6.30. The lowest BCUT2D eigenvalue weighted by Gasteiger charge is -2.09. The molecule has 132 valence electrons. The van der Waals surface area contributed by atoms with Crippen LogP contribution in [-0.2, 0) is 17.9 Å². The Balaban J connectivity index is 1.73. The molecule has 3 rings (SSSR count). The Morgan fingerprint density at radius 2 is 1.92 bits per heavy atom. The second-order valence-corrected chi connectivity index (χ2v) is 6.04. The van der Waals surface area contributed by atoms with Crippen LogP contribution in [0.1, 0.15) is 5.56 Å². The number of carbonyl (C=O) groups excluding carboxylic acids is 1. The van der Waals surface area contributed by atoms with Crippen LogP contribution in [-0.4, -0.2) is 15.7 Å². The molecule has 0 atom stereocenters. The monoisotopic (exact) mass is 371 g/mol. The topological polar surface area (TPSA) is 64.0 Å². The maximum absolute atomic E-state index is 13.9. The first-order chi connectivity index (χ1) is 12.5. The highest BCUT2D eigenvalue weighted by Gasteiger charge is 2.10. The van der Waals surface area contributed by atoms with Crippen LogP contribution >= 0.6 is 11.6 Å². The Kier molecular flexibility index (Phi) is 5.43. The van der Waals surface area contributed by atoms with Crippen molar-refractivity contribution in [2.75, 3.05) is 0 Å². The van der Waals surface area contributed by atoms with Crippen LogP contribution in [0, 0.1) is 5.82 Å². The Morgan fingerprint density at radius 3 is 2.69 bits per heavy atom. The molecule has 1 amide bonds. The van der Waals surface area contributed by atoms with Crippen molar-refractivity contribution in [1.29, 1.82) is 0 Å². The molecule has 0 fully saturated rings. The first kappa shape index (κ1) is 17.8. The number of carbonyl (C=O) groups is 1. The fourth-order valence-corrected chi connectivity index (χ4v) is 2.63. The largest absolute Gasteiger partial charge is 0.350 e. The fourth-order valence-electron chi connectivity index (χ4n) is 2.41. The molecule has 26 heavy (non-hydrogen) atoms. The van der Waals surface area contributed by atoms with E-state index in [1.165, 1.54) is 18.2 Å². The maximum atomic E-state index is 13.9. The van der Waals surface area contributed by atoms with Crippen LogP contribution in [0.4, 0.5) is 4.39 Å². The predicted molar refractivity (Wildman–Crippen MR) is 97.2 cm³/mol. The molecule has 0 saturated heterocycles. The van der Waals surface area contributed by atoms with Gasteiger partial charge in [-0.05, 0) is 35.9 Å². The zero-order valence-corrected chi connectivity index (χ0v) is 14.4. The third kappa shape index (κ3) is 4.34. The van der Waals surface area contributed by atoms with Crippen molar-refractivity contribution < 1.29 is 9.18 Å². The summed E-state index contributed by atoms with van der Waals surface area (Å²) in [6.45, 7) is 0.0167. The van der Waals surface area contributed by atoms with Gasteiger partial charge in [0.05, 0.1) is 5.69 Å². The van der Waals surface area contributed by atoms with E-state index < -0.39 is 11.4 Å². The SMILES string of the molecule is O=C(Cn1nc(-c2ccccc2F)ccc1=O)NCc1cccc(Cl)c1. The van der Waals surface area contributed by atoms with E-state index >= 15 is 0 Å². The number of rotatable bonds is 5. The molecule has 2 aromatic carbocycles. The van der Waals surface area contributed by atoms with Crippen molar-refractivity contribution in [2.45, 2.75) is 13.1 Å². The number of nitrogens with zero attached hydrogens (tertiary/aromatic N) is 2. The van der Waals surface area contributed by atoms with E-state index in [0.717, 1.165) is 10.2 Å². The van der Waals surface area contributed by atoms with E-state index in [0.29, 0.717) is 5.02 Å². The van der Waals surface area contributed by atoms with E-state index in [2.05, 4.69) is 10.4 Å². The standard InChI is InChI=1S/C19H15ClFN3O2/c20-14-5-3-4-13(10-14)11-22-18(25)12-24-19(26)9-8-17(23-24)15-6-1-2-7-16(15)21/h1-10H,11-12H2,(H,22,25). The zero-order chi connectivity index (χ0) is 18.5. The van der Waals surface area contributed by atoms with Gasteiger partial charge in [0.2, 0.25) is 5.91 Å². The smallest absolute Gasteiger partial charge is 0.267 e. The van der Waals surface area contributed by atoms with Crippen LogP contribution < -0.4 is 10.9 Å². The van der Waals surface area contributed by atoms with Crippen LogP contribution in [0.15, 0.2) is 65.5 Å². The minimum Gasteiger partial charge on any atom is -0.350 e. The molecule has 0 aliphatic heterocycles. The summed E-state index contributed by atoms with van der Waals surface area (Å²) in [6, 6.07) is 15.9. The number of nitrogens with one attached hydrogen (secondary N) is 1. The van der Waals surface area contributed by atoms with E-state index in [1.807, 2.05) is 6.07 Å². The predicted octanol–water partition coefficient (Wildman–Crippen LogP) is 3.02. The zero-order valence-electron chi connectivity index (χ0n) is 13.7. The minimum absolute atomic E-state index is 0.262. The van der Waals surface area contributed by atoms with Gasteiger partial charge in [-0.25, -0.2) is 9.07 Å². The van der Waals surface area contributed by atoms with E-state index in [-0.39, 0.29) is 30.3 Å². The quantitative estimate of drug-likeness (QED) is 0.749. The summed E-state index contributed by atoms with van der Waals surface area (Å²) in [5, 5.41) is 7.37. The lowest BCUT2D eigenvalue weighted by atomic mass is 10.1. The fraction of sp³-hybridized carbons (Fsp3) is 0.105. The van der Waals surface area contributed by atoms with Crippen LogP contribution in [0.5, 0.6) is 0 Å². The van der Waals surface area contributed by atoms with Gasteiger partial charge in [0, 0.05) is 23.2 Å². The summed E-state index contributed by atoms with van der Waals surface area (Å²) >= 11 is 5.90. The highest BCUT2D eigenvalue weighted by atomic mass is 35.5. The van der Waals surface area contributed by atoms with Crippen LogP contribution in [0.25, 0.3) is 11.3 Å². The van der Waals surface area contributed by atoms with E-state index in [9.17, 15) is 14.0 Å². The van der Waals surface area contributed by atoms with Gasteiger partial charge in [-0.15, -0.1) is 0 Å². The summed E-state index contributed by atoms with van der Waals surface area (Å²) in [7, 11) is 0. The summed E-state index contributed by atoms with van der Waals surface area (Å²) in [6.07, 6.45) is 0. The van der Waals surface area contributed by atoms with Gasteiger partial charge in [0.25, 0.3) is 5.56 Å². The van der Waals surface area contributed by atoms with Crippen LogP contribution in [0.2, 0.25) is 5.02 Å². The number of amides is 1. The van der Waals surface area contributed by atoms with Gasteiger partial charge >= 0.3 is 0 Å². The minimum atomic E-state index is -0.449. The van der Waals surface area contributed by atoms with Crippen molar-refractivity contribution >= 4 is 17.5 Å². The van der Waals surface area contributed by atoms with Gasteiger partial charge in [-0.3, -0.25) is 9.59 Å². The maximum Gasteiger partial charge on any atom is 0.267 e. The van der Waals surface area contributed by atoms with Crippen molar-refractivity contribution in [3.63, 3.8) is 0 Å². The molecule has 1 aromatic heterocycles. The van der Waals surface area contributed by atoms with Crippen molar-refractivity contribution in [2.24, 2.45) is 0 Å². The molecule has 0 radical (unpaired) electrons. The summed E-state index contributed by atoms with van der Waals surface area (Å²) in [5.74, 6) is -0.833. The molecule has 1 heterocycles. The molecule has 0 aliphatic carbocycles. The molecule has 0 bridgehead atoms. The van der Waals surface area contributed by atoms with Crippen molar-refractivity contribution in [3.05, 3.63) is 87.4 Å². The second-order valence-electron chi connectivity index (χ2n) is 5.60. The number of hydrogen-bond donors (Lipinski definition) is 1. The van der Waals surface area contributed by atoms with Crippen molar-refractivity contribution in [3.8, 4) is 11.3 Å².